The van der Waals surface area contributed by atoms with Crippen molar-refractivity contribution in [1.82, 2.24) is 24.7 Å². The van der Waals surface area contributed by atoms with Gasteiger partial charge in [0, 0.05) is 68.8 Å². The average molecular weight is 572 g/mol. The fraction of sp³-hybridized carbons (Fsp3) is 0.400. The van der Waals surface area contributed by atoms with E-state index >= 15 is 0 Å². The molecule has 1 N–H and O–H groups in total. The van der Waals surface area contributed by atoms with Crippen LogP contribution >= 0.6 is 0 Å². The highest BCUT2D eigenvalue weighted by molar-refractivity contribution is 6.76. The van der Waals surface area contributed by atoms with Crippen molar-refractivity contribution in [3.05, 3.63) is 60.6 Å². The number of halogens is 1. The number of nitrogens with zero attached hydrogens (tertiary/aromatic N) is 6. The zero-order valence-electron chi connectivity index (χ0n) is 23.6. The van der Waals surface area contributed by atoms with Crippen LogP contribution in [0.25, 0.3) is 33.1 Å². The molecule has 1 aliphatic rings. The molecule has 4 aromatic heterocycles. The van der Waals surface area contributed by atoms with Gasteiger partial charge in [0.25, 0.3) is 6.01 Å². The molecule has 5 aromatic rings. The molecule has 9 nitrogen and oxygen atoms in total. The van der Waals surface area contributed by atoms with E-state index in [-0.39, 0.29) is 17.5 Å². The van der Waals surface area contributed by atoms with Crippen molar-refractivity contribution < 1.29 is 13.5 Å². The van der Waals surface area contributed by atoms with Crippen LogP contribution in [0, 0.1) is 23.1 Å². The molecule has 5 heterocycles. The molecule has 1 saturated heterocycles. The molecule has 6 rings (SSSR count). The number of anilines is 1. The molecule has 0 saturated carbocycles. The number of oxazole rings is 1. The maximum absolute atomic E-state index is 14.2. The number of hydrogen-bond donors (Lipinski definition) is 1. The zero-order valence-corrected chi connectivity index (χ0v) is 24.6. The van der Waals surface area contributed by atoms with Gasteiger partial charge in [-0.2, -0.15) is 15.3 Å². The summed E-state index contributed by atoms with van der Waals surface area (Å²) in [6.45, 7) is 9.60. The largest absolute Gasteiger partial charge is 0.420 e. The van der Waals surface area contributed by atoms with Crippen molar-refractivity contribution in [1.29, 1.82) is 5.26 Å². The minimum Gasteiger partial charge on any atom is -0.420 e. The van der Waals surface area contributed by atoms with E-state index in [1.54, 1.807) is 12.1 Å². The second-order valence-corrected chi connectivity index (χ2v) is 17.6. The second kappa shape index (κ2) is 11.1. The molecule has 1 aliphatic heterocycles. The van der Waals surface area contributed by atoms with E-state index in [2.05, 4.69) is 41.7 Å². The lowest BCUT2D eigenvalue weighted by Crippen LogP contribution is -2.25. The maximum atomic E-state index is 14.2. The Morgan fingerprint density at radius 2 is 2.15 bits per heavy atom. The number of ether oxygens (including phenoxy) is 1. The Morgan fingerprint density at radius 1 is 1.27 bits per heavy atom. The summed E-state index contributed by atoms with van der Waals surface area (Å²) in [5.74, 6) is -0.264. The third kappa shape index (κ3) is 5.62. The van der Waals surface area contributed by atoms with Gasteiger partial charge in [-0.15, -0.1) is 0 Å². The van der Waals surface area contributed by atoms with E-state index in [4.69, 9.17) is 19.2 Å². The van der Waals surface area contributed by atoms with Gasteiger partial charge >= 0.3 is 0 Å². The Labute approximate surface area is 239 Å². The Hall–Kier alpha value is -4.01. The van der Waals surface area contributed by atoms with E-state index in [0.717, 1.165) is 46.8 Å². The van der Waals surface area contributed by atoms with Crippen LogP contribution in [0.5, 0.6) is 0 Å². The van der Waals surface area contributed by atoms with Gasteiger partial charge in [-0.1, -0.05) is 25.7 Å². The van der Waals surface area contributed by atoms with Gasteiger partial charge in [-0.05, 0) is 30.7 Å². The number of rotatable bonds is 10. The van der Waals surface area contributed by atoms with Crippen LogP contribution in [0.1, 0.15) is 24.6 Å². The molecule has 11 heteroatoms. The first-order chi connectivity index (χ1) is 19.8. The predicted molar refractivity (Wildman–Crippen MR) is 159 cm³/mol. The van der Waals surface area contributed by atoms with Crippen molar-refractivity contribution in [3.8, 4) is 17.2 Å². The normalized spacial score (nSPS) is 16.6. The molecule has 2 unspecified atom stereocenters. The lowest BCUT2D eigenvalue weighted by Gasteiger charge is -2.22. The molecule has 2 atom stereocenters. The summed E-state index contributed by atoms with van der Waals surface area (Å²) in [4.78, 5) is 14.6. The molecule has 0 bridgehead atoms. The summed E-state index contributed by atoms with van der Waals surface area (Å²) >= 11 is 0. The van der Waals surface area contributed by atoms with Gasteiger partial charge in [0.15, 0.2) is 11.4 Å². The van der Waals surface area contributed by atoms with Crippen molar-refractivity contribution in [2.24, 2.45) is 5.92 Å². The smallest absolute Gasteiger partial charge is 0.298 e. The summed E-state index contributed by atoms with van der Waals surface area (Å²) in [5.41, 5.74) is 4.46. The number of nitriles is 1. The highest BCUT2D eigenvalue weighted by atomic mass is 28.3. The quantitative estimate of drug-likeness (QED) is 0.150. The van der Waals surface area contributed by atoms with Crippen LogP contribution in [0.4, 0.5) is 10.4 Å². The summed E-state index contributed by atoms with van der Waals surface area (Å²) < 4.78 is 27.8. The fourth-order valence-electron chi connectivity index (χ4n) is 5.54. The first kappa shape index (κ1) is 27.2. The number of fused-ring (bicyclic) bond motifs is 2. The number of pyridine rings is 1. The van der Waals surface area contributed by atoms with Gasteiger partial charge in [-0.25, -0.2) is 4.39 Å². The Kier molecular flexibility index (Phi) is 7.36. The lowest BCUT2D eigenvalue weighted by atomic mass is 9.96. The maximum Gasteiger partial charge on any atom is 0.298 e. The molecule has 0 spiro atoms. The number of aromatic amines is 1. The molecular formula is C30H34FN7O2Si. The first-order valence-electron chi connectivity index (χ1n) is 14.0. The number of aromatic nitrogens is 5. The predicted octanol–water partition coefficient (Wildman–Crippen LogP) is 6.54. The van der Waals surface area contributed by atoms with Gasteiger partial charge in [0.05, 0.1) is 42.5 Å². The summed E-state index contributed by atoms with van der Waals surface area (Å²) in [6.07, 6.45) is 8.83. The van der Waals surface area contributed by atoms with Gasteiger partial charge < -0.3 is 19.0 Å². The van der Waals surface area contributed by atoms with Crippen LogP contribution in [-0.4, -0.2) is 52.5 Å². The standard InChI is InChI=1S/C30H34FN7O2Si/c1-41(2,3)14-13-39-19-26-28-22(8-11-33-28)23(16-34-26)21-15-35-38(18-21)27(7-10-32)20-9-12-37(17-20)30-36-25-6-4-5-24(31)29(25)40-30/h4-6,8,11,15-16,18,20,27,33H,7,9,12-14,17,19H2,1-3H3. The van der Waals surface area contributed by atoms with Crippen molar-refractivity contribution >= 4 is 36.1 Å². The highest BCUT2D eigenvalue weighted by Crippen LogP contribution is 2.36. The molecule has 41 heavy (non-hydrogen) atoms. The van der Waals surface area contributed by atoms with Gasteiger partial charge in [-0.3, -0.25) is 9.67 Å². The molecule has 0 aliphatic carbocycles. The monoisotopic (exact) mass is 571 g/mol. The van der Waals surface area contributed by atoms with Crippen molar-refractivity contribution in [3.63, 3.8) is 0 Å². The lowest BCUT2D eigenvalue weighted by molar-refractivity contribution is 0.131. The summed E-state index contributed by atoms with van der Waals surface area (Å²) in [7, 11) is -1.15. The number of H-pyrrole nitrogens is 1. The topological polar surface area (TPSA) is 109 Å². The van der Waals surface area contributed by atoms with E-state index in [1.165, 1.54) is 6.07 Å². The van der Waals surface area contributed by atoms with Crippen LogP contribution in [0.2, 0.25) is 25.7 Å². The van der Waals surface area contributed by atoms with Gasteiger partial charge in [0.2, 0.25) is 0 Å². The SMILES string of the molecule is C[Si](C)(C)CCOCc1ncc(-c2cnn(C(CC#N)C3CCN(c4nc5cccc(F)c5o4)C3)c2)c2cc[nH]c12. The minimum atomic E-state index is -1.15. The second-order valence-electron chi connectivity index (χ2n) is 12.0. The minimum absolute atomic E-state index is 0.117. The number of nitrogens with one attached hydrogen (secondary N) is 1. The van der Waals surface area contributed by atoms with E-state index in [1.807, 2.05) is 34.4 Å². The number of para-hydroxylation sites is 1. The van der Waals surface area contributed by atoms with Crippen molar-refractivity contribution in [2.45, 2.75) is 51.2 Å². The number of hydrogen-bond acceptors (Lipinski definition) is 7. The Morgan fingerprint density at radius 3 is 2.95 bits per heavy atom. The molecule has 1 fully saturated rings. The van der Waals surface area contributed by atoms with Crippen LogP contribution in [0.15, 0.2) is 53.5 Å². The Balaban J connectivity index is 1.19. The summed E-state index contributed by atoms with van der Waals surface area (Å²) in [6, 6.07) is 10.6. The average Bonchev–Trinajstić information content (AvgIpc) is 3.75. The van der Waals surface area contributed by atoms with E-state index in [9.17, 15) is 9.65 Å². The molecular weight excluding hydrogens is 537 g/mol. The summed E-state index contributed by atoms with van der Waals surface area (Å²) in [5, 5.41) is 15.4. The van der Waals surface area contributed by atoms with Gasteiger partial charge in [0.1, 0.15) is 5.52 Å². The van der Waals surface area contributed by atoms with E-state index in [0.29, 0.717) is 37.6 Å². The molecule has 1 aromatic carbocycles. The third-order valence-corrected chi connectivity index (χ3v) is 9.56. The molecule has 0 radical (unpaired) electrons. The third-order valence-electron chi connectivity index (χ3n) is 7.86. The first-order valence-corrected chi connectivity index (χ1v) is 17.8. The number of benzene rings is 1. The van der Waals surface area contributed by atoms with E-state index < -0.39 is 13.9 Å². The zero-order chi connectivity index (χ0) is 28.6. The highest BCUT2D eigenvalue weighted by Gasteiger charge is 2.33. The van der Waals surface area contributed by atoms with Crippen molar-refractivity contribution in [2.75, 3.05) is 24.6 Å². The molecule has 212 valence electrons. The Bertz CT molecular complexity index is 1710. The molecule has 0 amide bonds. The fourth-order valence-corrected chi connectivity index (χ4v) is 6.29. The van der Waals surface area contributed by atoms with Crippen LogP contribution in [0.3, 0.4) is 0 Å². The van der Waals surface area contributed by atoms with Crippen LogP contribution in [-0.2, 0) is 11.3 Å². The van der Waals surface area contributed by atoms with Crippen LogP contribution < -0.4 is 4.90 Å².